The molecule has 1 aliphatic rings. The van der Waals surface area contributed by atoms with Crippen molar-refractivity contribution in [1.29, 1.82) is 0 Å². The van der Waals surface area contributed by atoms with Gasteiger partial charge in [-0.25, -0.2) is 10.7 Å². The van der Waals surface area contributed by atoms with Crippen molar-refractivity contribution < 1.29 is 130 Å². The van der Waals surface area contributed by atoms with Gasteiger partial charge in [-0.1, -0.05) is 123 Å². The molecule has 0 bridgehead atoms. The van der Waals surface area contributed by atoms with Crippen LogP contribution < -0.4 is 21.8 Å². The van der Waals surface area contributed by atoms with E-state index < -0.39 is 170 Å². The Morgan fingerprint density at radius 2 is 1.27 bits per heavy atom. The normalized spacial score (nSPS) is 16.6. The number of methoxy groups -OCH3 is 2. The van der Waals surface area contributed by atoms with E-state index in [1.165, 1.54) is 33.1 Å². The summed E-state index contributed by atoms with van der Waals surface area (Å²) in [6.07, 6.45) is -5.10. The first-order valence-electron chi connectivity index (χ1n) is 41.3. The molecule has 1 saturated heterocycles. The van der Waals surface area contributed by atoms with Crippen LogP contribution in [0, 0.1) is 53.3 Å². The molecule has 2 aromatic rings. The van der Waals surface area contributed by atoms with Gasteiger partial charge in [0.05, 0.1) is 86.7 Å². The fourth-order valence-electron chi connectivity index (χ4n) is 15.0. The zero-order valence-electron chi connectivity index (χ0n) is 72.2. The van der Waals surface area contributed by atoms with Gasteiger partial charge < -0.3 is 79.3 Å². The number of rotatable bonds is 63. The minimum absolute atomic E-state index is 0.0154. The zero-order chi connectivity index (χ0) is 90.1. The van der Waals surface area contributed by atoms with E-state index in [0.717, 1.165) is 5.56 Å². The minimum Gasteiger partial charge on any atom is -0.481 e. The number of likely N-dealkylation sites (tertiary alicyclic amines) is 1. The third-order valence-electron chi connectivity index (χ3n) is 22.2. The molecular formula is C85H132N7O27P. The highest BCUT2D eigenvalue weighted by atomic mass is 31.2. The van der Waals surface area contributed by atoms with Gasteiger partial charge in [0.1, 0.15) is 30.9 Å². The van der Waals surface area contributed by atoms with E-state index in [2.05, 4.69) is 20.8 Å². The third kappa shape index (κ3) is 36.9. The summed E-state index contributed by atoms with van der Waals surface area (Å²) in [6, 6.07) is 11.4. The summed E-state index contributed by atoms with van der Waals surface area (Å²) >= 11 is 0. The monoisotopic (exact) mass is 1710 g/mol. The van der Waals surface area contributed by atoms with E-state index >= 15 is 0 Å². The summed E-state index contributed by atoms with van der Waals surface area (Å²) in [7, 11) is 1.86. The molecule has 3 rings (SSSR count). The largest absolute Gasteiger partial charge is 0.481 e. The van der Waals surface area contributed by atoms with Crippen molar-refractivity contribution in [2.24, 2.45) is 59.2 Å². The summed E-state index contributed by atoms with van der Waals surface area (Å²) in [5, 5.41) is 36.5. The number of carboxylic acid groups (broad SMARTS) is 3. The van der Waals surface area contributed by atoms with Crippen LogP contribution in [0.3, 0.4) is 0 Å². The van der Waals surface area contributed by atoms with Crippen molar-refractivity contribution >= 4 is 96.3 Å². The van der Waals surface area contributed by atoms with Crippen LogP contribution in [-0.2, 0) is 124 Å². The summed E-state index contributed by atoms with van der Waals surface area (Å²) in [6.45, 7) is 17.9. The molecule has 674 valence electrons. The number of ether oxygens (including phenoxy) is 6. The summed E-state index contributed by atoms with van der Waals surface area (Å²) < 4.78 is 46.4. The van der Waals surface area contributed by atoms with Gasteiger partial charge in [0.25, 0.3) is 6.47 Å². The van der Waals surface area contributed by atoms with Crippen molar-refractivity contribution in [3.05, 3.63) is 71.3 Å². The lowest BCUT2D eigenvalue weighted by atomic mass is 9.83. The maximum Gasteiger partial charge on any atom is 0.410 e. The summed E-state index contributed by atoms with van der Waals surface area (Å²) in [4.78, 5) is 217. The van der Waals surface area contributed by atoms with Gasteiger partial charge in [-0.2, -0.15) is 0 Å². The van der Waals surface area contributed by atoms with Crippen LogP contribution >= 0.6 is 7.37 Å². The molecule has 1 fully saturated rings. The first-order chi connectivity index (χ1) is 56.6. The zero-order valence-corrected chi connectivity index (χ0v) is 73.1. The Balaban J connectivity index is 1.53. The Bertz CT molecular complexity index is 3700. The second-order valence-corrected chi connectivity index (χ2v) is 34.8. The number of carbonyl (C=O) groups is 15. The summed E-state index contributed by atoms with van der Waals surface area (Å²) in [5.41, 5.74) is 1.92. The molecule has 2 unspecified atom stereocenters. The summed E-state index contributed by atoms with van der Waals surface area (Å²) in [5.74, 6) is -9.15. The average molecular weight is 1710 g/mol. The van der Waals surface area contributed by atoms with Crippen LogP contribution in [0.5, 0.6) is 0 Å². The van der Waals surface area contributed by atoms with Crippen LogP contribution in [0.4, 0.5) is 4.79 Å². The van der Waals surface area contributed by atoms with Gasteiger partial charge in [0, 0.05) is 123 Å². The van der Waals surface area contributed by atoms with E-state index in [0.29, 0.717) is 36.9 Å². The number of aliphatic carboxylic acids is 3. The molecule has 120 heavy (non-hydrogen) atoms. The lowest BCUT2D eigenvalue weighted by Crippen LogP contribution is -2.54. The number of likely N-dealkylation sites (N-methyl/N-ethyl adjacent to an activating group) is 2. The molecule has 0 saturated carbocycles. The van der Waals surface area contributed by atoms with Gasteiger partial charge in [-0.05, 0) is 92.2 Å². The quantitative estimate of drug-likeness (QED) is 0.0143. The number of hydrogen-bond donors (Lipinski definition) is 8. The van der Waals surface area contributed by atoms with Crippen molar-refractivity contribution in [3.63, 3.8) is 0 Å². The number of nitrogens with two attached hydrogens (primary N) is 1. The van der Waals surface area contributed by atoms with Crippen LogP contribution in [0.1, 0.15) is 182 Å². The molecular weight excluding hydrogens is 1580 g/mol. The fraction of sp³-hybridized carbons (Fsp3) is 0.682. The molecule has 9 N–H and O–H groups in total. The predicted octanol–water partition coefficient (Wildman–Crippen LogP) is 6.99. The molecule has 2 aromatic carbocycles. The number of nitrogens with one attached hydrogen (secondary N) is 3. The highest BCUT2D eigenvalue weighted by Gasteiger charge is 2.45. The van der Waals surface area contributed by atoms with Crippen LogP contribution in [-0.4, -0.2) is 259 Å². The Kier molecular flexibility index (Phi) is 48.0. The molecule has 0 radical (unpaired) electrons. The Morgan fingerprint density at radius 3 is 1.85 bits per heavy atom. The minimum atomic E-state index is -4.21. The molecule has 0 aromatic heterocycles. The number of hydrogen-bond acceptors (Lipinski definition) is 24. The number of ketones is 5. The van der Waals surface area contributed by atoms with E-state index in [4.69, 9.17) is 39.4 Å². The molecule has 1 heterocycles. The molecule has 34 nitrogen and oxygen atoms in total. The third-order valence-corrected chi connectivity index (χ3v) is 24.2. The standard InChI is InChI=1S/C85H132N7O27P/c1-15-55(8)79(73(113-13)46-76(101)92-36-19-24-68(92)80(114-14)56(9)69(95)43-62(84(108)109)41-58-21-17-16-18-22-58)90(11)82(105)66(53(4)5)45-72(98)78(54(6)7)91(12)85(110)117-47-60-27-25-59(26-28-60)42-70(96)57(10)88-81(104)65(52(2)3)44-71(97)67(89-75(100)48-119-86)32-33-74(99)87-35-38-116-40-39-115-37-20-23-63(94)30-29-61(83(106)107)49-120(111,112)50-64(118-51-93)31-34-77(102)103/h16-18,21-22,25-28,51-57,61-62,64-68,73,78-80H,15,19-20,23-24,29-50,86H2,1-14H3,(H,87,99)(H,88,104)(H,89,100)(H,102,103)(H,106,107)(H,108,109)(H,111,112)/t55-,56-,57-,61+,62+,64+,65-,66-,67?,68-,73+,78-,79-,80+/m0/s1. The van der Waals surface area contributed by atoms with Gasteiger partial charge in [-0.15, -0.1) is 0 Å². The van der Waals surface area contributed by atoms with Gasteiger partial charge in [0.15, 0.2) is 17.3 Å². The van der Waals surface area contributed by atoms with Crippen molar-refractivity contribution in [2.45, 2.75) is 234 Å². The van der Waals surface area contributed by atoms with Crippen LogP contribution in [0.25, 0.3) is 0 Å². The van der Waals surface area contributed by atoms with Crippen LogP contribution in [0.15, 0.2) is 54.6 Å². The van der Waals surface area contributed by atoms with Gasteiger partial charge in [-0.3, -0.25) is 76.5 Å². The van der Waals surface area contributed by atoms with Gasteiger partial charge in [0.2, 0.25) is 36.9 Å². The van der Waals surface area contributed by atoms with E-state index in [1.807, 2.05) is 58.0 Å². The SMILES string of the molecule is CC[C@H](C)[C@@H]([C@@H](CC(=O)N1CCC[C@H]1[C@H](OC)[C@@H](C)C(=O)C[C@@H](Cc1ccccc1)C(=O)O)OC)N(C)C(=O)[C@@H](CC(=O)[C@H](C(C)C)N(C)C(=O)OCc1ccc(CC(=O)[C@H](C)NC(=O)[C@@H](CC(=O)C(CCC(=O)NCCOCCOCCCC(=O)CC[C@H](CP(=O)(O)C[C@@H](CCC(=O)O)OC=O)C(=O)O)NC(=O)CON)C(C)C)cc1)C(C)C. The van der Waals surface area contributed by atoms with E-state index in [9.17, 15) is 91.6 Å². The Hall–Kier alpha value is -8.76. The van der Waals surface area contributed by atoms with Crippen LogP contribution in [0.2, 0.25) is 0 Å². The lowest BCUT2D eigenvalue weighted by molar-refractivity contribution is -0.149. The van der Waals surface area contributed by atoms with Crippen molar-refractivity contribution in [3.8, 4) is 0 Å². The molecule has 6 amide bonds. The number of Topliss-reactive ketones (excluding diaryl/α,β-unsaturated/α-hetero) is 5. The van der Waals surface area contributed by atoms with Gasteiger partial charge >= 0.3 is 24.0 Å². The number of amides is 6. The van der Waals surface area contributed by atoms with Crippen molar-refractivity contribution in [2.75, 3.05) is 86.8 Å². The Labute approximate surface area is 704 Å². The second-order valence-electron chi connectivity index (χ2n) is 32.3. The molecule has 1 aliphatic heterocycles. The molecule has 0 spiro atoms. The highest BCUT2D eigenvalue weighted by molar-refractivity contribution is 7.58. The maximum absolute atomic E-state index is 14.9. The number of benzene rings is 2. The number of carboxylic acids is 3. The smallest absolute Gasteiger partial charge is 0.410 e. The number of carbonyl (C=O) groups excluding carboxylic acids is 12. The predicted molar refractivity (Wildman–Crippen MR) is 440 cm³/mol. The maximum atomic E-state index is 14.9. The first kappa shape index (κ1) is 105. The molecule has 15 atom stereocenters. The first-order valence-corrected chi connectivity index (χ1v) is 43.4. The topological polar surface area (TPSA) is 490 Å². The second kappa shape index (κ2) is 54.6. The van der Waals surface area contributed by atoms with E-state index in [1.54, 1.807) is 75.7 Å². The van der Waals surface area contributed by atoms with E-state index in [-0.39, 0.29) is 176 Å². The molecule has 35 heteroatoms. The highest BCUT2D eigenvalue weighted by Crippen LogP contribution is 2.45. The fourth-order valence-corrected chi connectivity index (χ4v) is 17.1. The average Bonchev–Trinajstić information content (AvgIpc) is 1.39. The lowest BCUT2D eigenvalue weighted by Gasteiger charge is -2.41. The molecule has 0 aliphatic carbocycles. The Morgan fingerprint density at radius 1 is 0.650 bits per heavy atom. The number of nitrogens with zero attached hydrogens (tertiary/aromatic N) is 3. The van der Waals surface area contributed by atoms with Crippen molar-refractivity contribution in [1.82, 2.24) is 30.7 Å².